The molecule has 1 aliphatic carbocycles. The third-order valence-corrected chi connectivity index (χ3v) is 4.25. The summed E-state index contributed by atoms with van der Waals surface area (Å²) in [4.78, 5) is 4.39. The lowest BCUT2D eigenvalue weighted by atomic mass is 9.67. The summed E-state index contributed by atoms with van der Waals surface area (Å²) in [5, 5.41) is 3.96. The van der Waals surface area contributed by atoms with E-state index < -0.39 is 5.82 Å². The second-order valence-electron chi connectivity index (χ2n) is 5.60. The van der Waals surface area contributed by atoms with Crippen LogP contribution in [0.1, 0.15) is 25.2 Å². The Kier molecular flexibility index (Phi) is 3.63. The minimum atomic E-state index is -0.415. The third kappa shape index (κ3) is 2.63. The van der Waals surface area contributed by atoms with Gasteiger partial charge in [-0.3, -0.25) is 0 Å². The van der Waals surface area contributed by atoms with Crippen molar-refractivity contribution in [2.75, 3.05) is 13.7 Å². The van der Waals surface area contributed by atoms with Crippen LogP contribution in [0.5, 0.6) is 5.75 Å². The van der Waals surface area contributed by atoms with E-state index >= 15 is 0 Å². The van der Waals surface area contributed by atoms with E-state index in [1.807, 2.05) is 0 Å². The van der Waals surface area contributed by atoms with Gasteiger partial charge >= 0.3 is 0 Å². The van der Waals surface area contributed by atoms with Gasteiger partial charge in [0.25, 0.3) is 0 Å². The van der Waals surface area contributed by atoms with Crippen molar-refractivity contribution in [2.45, 2.75) is 25.7 Å². The number of hydrogen-bond donors (Lipinski definition) is 1. The highest BCUT2D eigenvalue weighted by Gasteiger charge is 2.37. The molecule has 1 aromatic carbocycles. The molecule has 0 radical (unpaired) electrons. The predicted molar refractivity (Wildman–Crippen MR) is 75.3 cm³/mol. The van der Waals surface area contributed by atoms with Crippen LogP contribution in [0, 0.1) is 11.2 Å². The second kappa shape index (κ2) is 5.44. The van der Waals surface area contributed by atoms with E-state index in [9.17, 15) is 4.39 Å². The molecular weight excluding hydrogens is 273 g/mol. The maximum Gasteiger partial charge on any atom is 0.227 e. The zero-order chi connectivity index (χ0) is 14.9. The van der Waals surface area contributed by atoms with E-state index in [-0.39, 0.29) is 11.2 Å². The lowest BCUT2D eigenvalue weighted by molar-refractivity contribution is 0.129. The summed E-state index contributed by atoms with van der Waals surface area (Å²) in [5.74, 6) is 0.769. The Labute approximate surface area is 122 Å². The molecular formula is C15H18FN3O2. The van der Waals surface area contributed by atoms with Gasteiger partial charge in [0.2, 0.25) is 11.7 Å². The van der Waals surface area contributed by atoms with Gasteiger partial charge in [-0.25, -0.2) is 4.39 Å². The van der Waals surface area contributed by atoms with Gasteiger partial charge in [-0.1, -0.05) is 11.6 Å². The molecule has 2 N–H and O–H groups in total. The summed E-state index contributed by atoms with van der Waals surface area (Å²) < 4.78 is 23.7. The van der Waals surface area contributed by atoms with Crippen LogP contribution in [-0.4, -0.2) is 23.8 Å². The Hall–Kier alpha value is -1.95. The van der Waals surface area contributed by atoms with Gasteiger partial charge in [0.1, 0.15) is 0 Å². The first-order valence-electron chi connectivity index (χ1n) is 7.02. The van der Waals surface area contributed by atoms with Gasteiger partial charge in [-0.15, -0.1) is 0 Å². The summed E-state index contributed by atoms with van der Waals surface area (Å²) in [7, 11) is 1.42. The van der Waals surface area contributed by atoms with Crippen molar-refractivity contribution in [1.82, 2.24) is 10.1 Å². The normalized spacial score (nSPS) is 16.5. The molecule has 0 spiro atoms. The standard InChI is InChI=1S/C15H18FN3O2/c1-20-12-7-10(3-4-11(12)16)14-18-13(21-19-14)8-15(9-17)5-2-6-15/h3-4,7H,2,5-6,8-9,17H2,1H3. The fourth-order valence-corrected chi connectivity index (χ4v) is 2.69. The number of rotatable bonds is 5. The first-order chi connectivity index (χ1) is 10.2. The molecule has 0 bridgehead atoms. The first-order valence-corrected chi connectivity index (χ1v) is 7.02. The Balaban J connectivity index is 1.81. The highest BCUT2D eigenvalue weighted by molar-refractivity contribution is 5.57. The van der Waals surface area contributed by atoms with Crippen molar-refractivity contribution < 1.29 is 13.7 Å². The van der Waals surface area contributed by atoms with Crippen LogP contribution in [-0.2, 0) is 6.42 Å². The van der Waals surface area contributed by atoms with E-state index in [0.717, 1.165) is 12.8 Å². The number of benzene rings is 1. The highest BCUT2D eigenvalue weighted by Crippen LogP contribution is 2.42. The largest absolute Gasteiger partial charge is 0.494 e. The monoisotopic (exact) mass is 291 g/mol. The van der Waals surface area contributed by atoms with Crippen LogP contribution in [0.25, 0.3) is 11.4 Å². The summed E-state index contributed by atoms with van der Waals surface area (Å²) in [6.45, 7) is 0.634. The summed E-state index contributed by atoms with van der Waals surface area (Å²) in [6.07, 6.45) is 4.11. The maximum absolute atomic E-state index is 13.4. The molecule has 21 heavy (non-hydrogen) atoms. The molecule has 1 saturated carbocycles. The van der Waals surface area contributed by atoms with Gasteiger partial charge in [-0.05, 0) is 43.0 Å². The van der Waals surface area contributed by atoms with Crippen LogP contribution in [0.4, 0.5) is 4.39 Å². The zero-order valence-corrected chi connectivity index (χ0v) is 11.9. The average Bonchev–Trinajstić information content (AvgIpc) is 2.92. The molecule has 0 amide bonds. The fraction of sp³-hybridized carbons (Fsp3) is 0.467. The average molecular weight is 291 g/mol. The van der Waals surface area contributed by atoms with E-state index in [4.69, 9.17) is 15.0 Å². The van der Waals surface area contributed by atoms with Crippen LogP contribution in [0.2, 0.25) is 0 Å². The molecule has 0 saturated heterocycles. The van der Waals surface area contributed by atoms with Crippen molar-refractivity contribution in [3.05, 3.63) is 29.9 Å². The van der Waals surface area contributed by atoms with Gasteiger partial charge < -0.3 is 15.0 Å². The number of nitrogens with two attached hydrogens (primary N) is 1. The van der Waals surface area contributed by atoms with Gasteiger partial charge in [-0.2, -0.15) is 4.98 Å². The van der Waals surface area contributed by atoms with Crippen LogP contribution in [0.15, 0.2) is 22.7 Å². The molecule has 5 nitrogen and oxygen atoms in total. The third-order valence-electron chi connectivity index (χ3n) is 4.25. The Bertz CT molecular complexity index is 632. The molecule has 1 heterocycles. The van der Waals surface area contributed by atoms with E-state index in [0.29, 0.717) is 30.2 Å². The van der Waals surface area contributed by atoms with Crippen molar-refractivity contribution in [1.29, 1.82) is 0 Å². The number of nitrogens with zero attached hydrogens (tertiary/aromatic N) is 2. The Morgan fingerprint density at radius 1 is 1.43 bits per heavy atom. The smallest absolute Gasteiger partial charge is 0.227 e. The number of methoxy groups -OCH3 is 1. The lowest BCUT2D eigenvalue weighted by Gasteiger charge is -2.39. The van der Waals surface area contributed by atoms with Crippen LogP contribution in [0.3, 0.4) is 0 Å². The SMILES string of the molecule is COc1cc(-c2noc(CC3(CN)CCC3)n2)ccc1F. The van der Waals surface area contributed by atoms with Crippen molar-refractivity contribution in [2.24, 2.45) is 11.1 Å². The van der Waals surface area contributed by atoms with Crippen LogP contribution >= 0.6 is 0 Å². The van der Waals surface area contributed by atoms with Crippen molar-refractivity contribution >= 4 is 0 Å². The summed E-state index contributed by atoms with van der Waals surface area (Å²) >= 11 is 0. The molecule has 6 heteroatoms. The maximum atomic E-state index is 13.4. The van der Waals surface area contributed by atoms with Crippen LogP contribution < -0.4 is 10.5 Å². The minimum absolute atomic E-state index is 0.115. The molecule has 112 valence electrons. The Morgan fingerprint density at radius 3 is 2.86 bits per heavy atom. The van der Waals surface area contributed by atoms with Gasteiger partial charge in [0, 0.05) is 12.0 Å². The highest BCUT2D eigenvalue weighted by atomic mass is 19.1. The zero-order valence-electron chi connectivity index (χ0n) is 11.9. The molecule has 2 aromatic rings. The first kappa shape index (κ1) is 14.0. The molecule has 3 rings (SSSR count). The Morgan fingerprint density at radius 2 is 2.24 bits per heavy atom. The van der Waals surface area contributed by atoms with Crippen molar-refractivity contribution in [3.8, 4) is 17.1 Å². The summed E-state index contributed by atoms with van der Waals surface area (Å²) in [5.41, 5.74) is 6.62. The second-order valence-corrected chi connectivity index (χ2v) is 5.60. The molecule has 1 aliphatic rings. The number of ether oxygens (including phenoxy) is 1. The van der Waals surface area contributed by atoms with E-state index in [1.54, 1.807) is 12.1 Å². The molecule has 0 unspecified atom stereocenters. The minimum Gasteiger partial charge on any atom is -0.494 e. The van der Waals surface area contributed by atoms with E-state index in [2.05, 4.69) is 10.1 Å². The number of halogens is 1. The topological polar surface area (TPSA) is 74.2 Å². The molecule has 0 atom stereocenters. The molecule has 0 aliphatic heterocycles. The molecule has 1 fully saturated rings. The lowest BCUT2D eigenvalue weighted by Crippen LogP contribution is -2.39. The quantitative estimate of drug-likeness (QED) is 0.916. The van der Waals surface area contributed by atoms with Crippen molar-refractivity contribution in [3.63, 3.8) is 0 Å². The number of aromatic nitrogens is 2. The predicted octanol–water partition coefficient (Wildman–Crippen LogP) is 2.56. The van der Waals surface area contributed by atoms with Gasteiger partial charge in [0.15, 0.2) is 11.6 Å². The van der Waals surface area contributed by atoms with E-state index in [1.165, 1.54) is 19.6 Å². The van der Waals surface area contributed by atoms with Gasteiger partial charge in [0.05, 0.1) is 7.11 Å². The summed E-state index contributed by atoms with van der Waals surface area (Å²) in [6, 6.07) is 4.50. The molecule has 1 aromatic heterocycles. The number of hydrogen-bond acceptors (Lipinski definition) is 5. The fourth-order valence-electron chi connectivity index (χ4n) is 2.69.